The van der Waals surface area contributed by atoms with Crippen molar-refractivity contribution < 1.29 is 0 Å². The quantitative estimate of drug-likeness (QED) is 0.603. The van der Waals surface area contributed by atoms with Gasteiger partial charge in [0.1, 0.15) is 0 Å². The van der Waals surface area contributed by atoms with Crippen molar-refractivity contribution in [3.8, 4) is 0 Å². The number of hydrogen-bond acceptors (Lipinski definition) is 1. The van der Waals surface area contributed by atoms with Crippen molar-refractivity contribution in [2.75, 3.05) is 13.1 Å². The monoisotopic (exact) mass is 163 g/mol. The van der Waals surface area contributed by atoms with Crippen LogP contribution in [0.25, 0.3) is 0 Å². The molecule has 0 bridgehead atoms. The standard InChI is InChI=1S/C8H17N.ClH/c1-4-7-9(6-3)8-5-2;/h6H,3-5,7-8H2,1-2H3;1H. The van der Waals surface area contributed by atoms with Crippen LogP contribution in [0.3, 0.4) is 0 Å². The highest BCUT2D eigenvalue weighted by Gasteiger charge is 1.91. The van der Waals surface area contributed by atoms with Crippen LogP contribution in [0.2, 0.25) is 0 Å². The molecule has 0 radical (unpaired) electrons. The van der Waals surface area contributed by atoms with E-state index in [1.54, 1.807) is 0 Å². The lowest BCUT2D eigenvalue weighted by Crippen LogP contribution is -2.18. The Labute approximate surface area is 70.5 Å². The number of nitrogens with zero attached hydrogens (tertiary/aromatic N) is 1. The van der Waals surface area contributed by atoms with Crippen LogP contribution in [0.1, 0.15) is 26.7 Å². The fourth-order valence-corrected chi connectivity index (χ4v) is 0.869. The molecule has 0 saturated carbocycles. The number of halogens is 1. The van der Waals surface area contributed by atoms with Crippen molar-refractivity contribution in [2.45, 2.75) is 26.7 Å². The molecule has 0 atom stereocenters. The molecule has 1 nitrogen and oxygen atoms in total. The lowest BCUT2D eigenvalue weighted by atomic mass is 10.4. The lowest BCUT2D eigenvalue weighted by Gasteiger charge is -2.17. The van der Waals surface area contributed by atoms with Crippen LogP contribution in [-0.2, 0) is 0 Å². The molecule has 0 aromatic heterocycles. The zero-order chi connectivity index (χ0) is 7.11. The van der Waals surface area contributed by atoms with Crippen molar-refractivity contribution in [1.29, 1.82) is 0 Å². The normalized spacial score (nSPS) is 8.20. The highest BCUT2D eigenvalue weighted by Crippen LogP contribution is 1.92. The summed E-state index contributed by atoms with van der Waals surface area (Å²) in [5.41, 5.74) is 0. The van der Waals surface area contributed by atoms with Gasteiger partial charge in [-0.1, -0.05) is 20.4 Å². The second-order valence-electron chi connectivity index (χ2n) is 2.22. The first kappa shape index (κ1) is 12.5. The lowest BCUT2D eigenvalue weighted by molar-refractivity contribution is 0.377. The molecular formula is C8H18ClN. The Bertz CT molecular complexity index is 67.7. The van der Waals surface area contributed by atoms with E-state index < -0.39 is 0 Å². The first-order chi connectivity index (χ1) is 4.35. The van der Waals surface area contributed by atoms with Crippen LogP contribution in [0.5, 0.6) is 0 Å². The maximum absolute atomic E-state index is 3.72. The van der Waals surface area contributed by atoms with Gasteiger partial charge in [-0.25, -0.2) is 0 Å². The second kappa shape index (κ2) is 8.83. The Morgan fingerprint density at radius 3 is 1.80 bits per heavy atom. The van der Waals surface area contributed by atoms with Crippen molar-refractivity contribution >= 4 is 12.4 Å². The first-order valence-electron chi connectivity index (χ1n) is 3.71. The van der Waals surface area contributed by atoms with Gasteiger partial charge >= 0.3 is 0 Å². The summed E-state index contributed by atoms with van der Waals surface area (Å²) in [7, 11) is 0. The number of rotatable bonds is 5. The average Bonchev–Trinajstić information content (AvgIpc) is 1.88. The maximum atomic E-state index is 3.72. The second-order valence-corrected chi connectivity index (χ2v) is 2.22. The van der Waals surface area contributed by atoms with Gasteiger partial charge in [0.15, 0.2) is 0 Å². The molecule has 0 unspecified atom stereocenters. The molecule has 0 N–H and O–H groups in total. The summed E-state index contributed by atoms with van der Waals surface area (Å²) in [4.78, 5) is 2.25. The summed E-state index contributed by atoms with van der Waals surface area (Å²) in [6, 6.07) is 0. The predicted molar refractivity (Wildman–Crippen MR) is 49.6 cm³/mol. The Kier molecular flexibility index (Phi) is 11.0. The minimum Gasteiger partial charge on any atom is -0.378 e. The minimum absolute atomic E-state index is 0. The molecule has 0 aromatic rings. The molecule has 62 valence electrons. The van der Waals surface area contributed by atoms with Gasteiger partial charge in [-0.15, -0.1) is 12.4 Å². The smallest absolute Gasteiger partial charge is 0.0169 e. The Morgan fingerprint density at radius 2 is 1.60 bits per heavy atom. The molecule has 0 spiro atoms. The van der Waals surface area contributed by atoms with Gasteiger partial charge in [0.25, 0.3) is 0 Å². The number of hydrogen-bond donors (Lipinski definition) is 0. The molecule has 0 heterocycles. The van der Waals surface area contributed by atoms with Crippen molar-refractivity contribution in [3.05, 3.63) is 12.8 Å². The summed E-state index contributed by atoms with van der Waals surface area (Å²) >= 11 is 0. The zero-order valence-corrected chi connectivity index (χ0v) is 7.78. The Morgan fingerprint density at radius 1 is 1.20 bits per heavy atom. The molecule has 0 rings (SSSR count). The van der Waals surface area contributed by atoms with Crippen LogP contribution in [0.15, 0.2) is 12.8 Å². The molecule has 10 heavy (non-hydrogen) atoms. The van der Waals surface area contributed by atoms with E-state index >= 15 is 0 Å². The Balaban J connectivity index is 0. The van der Waals surface area contributed by atoms with Crippen molar-refractivity contribution in [3.63, 3.8) is 0 Å². The largest absolute Gasteiger partial charge is 0.378 e. The van der Waals surface area contributed by atoms with Crippen LogP contribution in [0.4, 0.5) is 0 Å². The third-order valence-corrected chi connectivity index (χ3v) is 1.28. The molecular weight excluding hydrogens is 146 g/mol. The molecule has 0 aromatic carbocycles. The zero-order valence-electron chi connectivity index (χ0n) is 6.97. The first-order valence-corrected chi connectivity index (χ1v) is 3.71. The van der Waals surface area contributed by atoms with Crippen LogP contribution >= 0.6 is 12.4 Å². The third-order valence-electron chi connectivity index (χ3n) is 1.28. The van der Waals surface area contributed by atoms with E-state index in [4.69, 9.17) is 0 Å². The molecule has 0 amide bonds. The molecule has 0 aliphatic heterocycles. The summed E-state index contributed by atoms with van der Waals surface area (Å²) in [5, 5.41) is 0. The van der Waals surface area contributed by atoms with E-state index in [2.05, 4.69) is 25.3 Å². The van der Waals surface area contributed by atoms with E-state index in [-0.39, 0.29) is 12.4 Å². The highest BCUT2D eigenvalue weighted by atomic mass is 35.5. The van der Waals surface area contributed by atoms with Gasteiger partial charge in [0.2, 0.25) is 0 Å². The van der Waals surface area contributed by atoms with E-state index in [1.807, 2.05) is 6.20 Å². The van der Waals surface area contributed by atoms with Crippen molar-refractivity contribution in [2.24, 2.45) is 0 Å². The van der Waals surface area contributed by atoms with Crippen molar-refractivity contribution in [1.82, 2.24) is 4.90 Å². The average molecular weight is 164 g/mol. The van der Waals surface area contributed by atoms with Gasteiger partial charge in [-0.3, -0.25) is 0 Å². The van der Waals surface area contributed by atoms with Gasteiger partial charge in [-0.2, -0.15) is 0 Å². The molecule has 0 aliphatic rings. The molecule has 0 aliphatic carbocycles. The van der Waals surface area contributed by atoms with Gasteiger partial charge in [0.05, 0.1) is 0 Å². The van der Waals surface area contributed by atoms with Gasteiger partial charge < -0.3 is 4.90 Å². The van der Waals surface area contributed by atoms with Gasteiger partial charge in [-0.05, 0) is 19.0 Å². The van der Waals surface area contributed by atoms with Gasteiger partial charge in [0, 0.05) is 13.1 Å². The SMILES string of the molecule is C=CN(CCC)CCC.Cl. The molecule has 0 fully saturated rings. The third kappa shape index (κ3) is 5.96. The molecule has 2 heteroatoms. The van der Waals surface area contributed by atoms with E-state index in [1.165, 1.54) is 12.8 Å². The maximum Gasteiger partial charge on any atom is 0.0169 e. The molecule has 0 saturated heterocycles. The van der Waals surface area contributed by atoms with Crippen LogP contribution in [0, 0.1) is 0 Å². The predicted octanol–water partition coefficient (Wildman–Crippen LogP) is 2.67. The summed E-state index contributed by atoms with van der Waals surface area (Å²) in [6.45, 7) is 10.4. The van der Waals surface area contributed by atoms with E-state index in [9.17, 15) is 0 Å². The van der Waals surface area contributed by atoms with E-state index in [0.717, 1.165) is 13.1 Å². The van der Waals surface area contributed by atoms with Crippen LogP contribution < -0.4 is 0 Å². The summed E-state index contributed by atoms with van der Waals surface area (Å²) in [6.07, 6.45) is 4.35. The van der Waals surface area contributed by atoms with E-state index in [0.29, 0.717) is 0 Å². The minimum atomic E-state index is 0. The highest BCUT2D eigenvalue weighted by molar-refractivity contribution is 5.85. The topological polar surface area (TPSA) is 3.24 Å². The van der Waals surface area contributed by atoms with Crippen LogP contribution in [-0.4, -0.2) is 18.0 Å². The summed E-state index contributed by atoms with van der Waals surface area (Å²) < 4.78 is 0. The fourth-order valence-electron chi connectivity index (χ4n) is 0.869. The Hall–Kier alpha value is -0.170. The fraction of sp³-hybridized carbons (Fsp3) is 0.750. The summed E-state index contributed by atoms with van der Waals surface area (Å²) in [5.74, 6) is 0.